The van der Waals surface area contributed by atoms with Crippen molar-refractivity contribution in [3.05, 3.63) is 38.4 Å². The Hall–Kier alpha value is -2.20. The lowest BCUT2D eigenvalue weighted by molar-refractivity contribution is -0.423. The number of esters is 1. The fraction of sp³-hybridized carbons (Fsp3) is 0.364. The number of para-hydroxylation sites is 1. The first-order valence-electron chi connectivity index (χ1n) is 5.76. The number of nitro groups is 2. The van der Waals surface area contributed by atoms with E-state index in [2.05, 4.69) is 0 Å². The third-order valence-corrected chi connectivity index (χ3v) is 3.15. The largest absolute Gasteiger partial charge is 0.418 e. The highest BCUT2D eigenvalue weighted by Gasteiger charge is 2.31. The molecule has 1 aromatic rings. The molecule has 1 atom stereocenters. The highest BCUT2D eigenvalue weighted by Crippen LogP contribution is 2.36. The van der Waals surface area contributed by atoms with Gasteiger partial charge in [-0.15, -0.1) is 0 Å². The van der Waals surface area contributed by atoms with Crippen molar-refractivity contribution in [3.63, 3.8) is 0 Å². The third kappa shape index (κ3) is 4.39. The normalized spacial score (nSPS) is 11.7. The van der Waals surface area contributed by atoms with Gasteiger partial charge in [0, 0.05) is 6.07 Å². The maximum Gasteiger partial charge on any atom is 0.388 e. The summed E-state index contributed by atoms with van der Waals surface area (Å²) < 4.78 is 4.84. The number of hydrogen-bond acceptors (Lipinski definition) is 8. The van der Waals surface area contributed by atoms with Crippen LogP contribution in [0.2, 0.25) is 0 Å². The van der Waals surface area contributed by atoms with Gasteiger partial charge in [0.25, 0.3) is 0 Å². The Bertz CT molecular complexity index is 565. The number of benzene rings is 1. The Labute approximate surface area is 123 Å². The summed E-state index contributed by atoms with van der Waals surface area (Å²) in [7, 11) is 0. The van der Waals surface area contributed by atoms with E-state index in [1.165, 1.54) is 17.8 Å². The Morgan fingerprint density at radius 2 is 2.05 bits per heavy atom. The third-order valence-electron chi connectivity index (χ3n) is 2.50. The molecule has 0 aliphatic carbocycles. The van der Waals surface area contributed by atoms with Crippen molar-refractivity contribution in [1.29, 1.82) is 0 Å². The maximum absolute atomic E-state index is 11.7. The van der Waals surface area contributed by atoms with Crippen LogP contribution in [0, 0.1) is 20.2 Å². The molecule has 2 N–H and O–H groups in total. The van der Waals surface area contributed by atoms with Crippen molar-refractivity contribution in [2.45, 2.75) is 12.5 Å². The number of nitrogens with zero attached hydrogens (tertiary/aromatic N) is 2. The smallest absolute Gasteiger partial charge is 0.388 e. The summed E-state index contributed by atoms with van der Waals surface area (Å²) in [5.41, 5.74) is 3.97. The summed E-state index contributed by atoms with van der Waals surface area (Å²) >= 11 is 1.48. The topological polar surface area (TPSA) is 139 Å². The van der Waals surface area contributed by atoms with Crippen LogP contribution in [0.15, 0.2) is 18.2 Å². The summed E-state index contributed by atoms with van der Waals surface area (Å²) in [5.74, 6) is -0.737. The summed E-state index contributed by atoms with van der Waals surface area (Å²) in [6.45, 7) is 0. The van der Waals surface area contributed by atoms with Crippen LogP contribution in [0.3, 0.4) is 0 Å². The summed E-state index contributed by atoms with van der Waals surface area (Å²) in [5, 5.41) is 21.7. The van der Waals surface area contributed by atoms with Gasteiger partial charge in [0.2, 0.25) is 5.75 Å². The van der Waals surface area contributed by atoms with Gasteiger partial charge in [-0.3, -0.25) is 20.2 Å². The fourth-order valence-corrected chi connectivity index (χ4v) is 1.96. The molecule has 0 aliphatic rings. The Kier molecular flexibility index (Phi) is 6.06. The van der Waals surface area contributed by atoms with Gasteiger partial charge in [-0.1, -0.05) is 6.07 Å². The lowest BCUT2D eigenvalue weighted by atomic mass is 10.2. The Balaban J connectivity index is 3.03. The van der Waals surface area contributed by atoms with Gasteiger partial charge >= 0.3 is 17.3 Å². The van der Waals surface area contributed by atoms with E-state index >= 15 is 0 Å². The first kappa shape index (κ1) is 16.9. The highest BCUT2D eigenvalue weighted by molar-refractivity contribution is 7.98. The summed E-state index contributed by atoms with van der Waals surface area (Å²) in [4.78, 5) is 31.6. The average molecular weight is 315 g/mol. The van der Waals surface area contributed by atoms with Crippen molar-refractivity contribution in [2.24, 2.45) is 5.73 Å². The molecule has 0 aromatic heterocycles. The molecule has 0 unspecified atom stereocenters. The van der Waals surface area contributed by atoms with Crippen LogP contribution < -0.4 is 10.5 Å². The maximum atomic E-state index is 11.7. The van der Waals surface area contributed by atoms with Crippen LogP contribution in [0.25, 0.3) is 0 Å². The molecule has 0 spiro atoms. The molecule has 9 nitrogen and oxygen atoms in total. The highest BCUT2D eigenvalue weighted by atomic mass is 32.2. The second kappa shape index (κ2) is 7.55. The van der Waals surface area contributed by atoms with Crippen LogP contribution in [-0.4, -0.2) is 33.9 Å². The number of hydrogen-bond donors (Lipinski definition) is 1. The molecule has 0 saturated heterocycles. The molecule has 21 heavy (non-hydrogen) atoms. The predicted octanol–water partition coefficient (Wildman–Crippen LogP) is 1.49. The zero-order chi connectivity index (χ0) is 16.0. The zero-order valence-electron chi connectivity index (χ0n) is 11.1. The SMILES string of the molecule is CSCC[C@H](N)C(=O)Oc1cccc([N+](=O)[O-])c1[N+](=O)[O-]. The number of thioether (sulfide) groups is 1. The number of rotatable bonds is 7. The number of nitrogens with two attached hydrogens (primary N) is 1. The molecule has 0 radical (unpaired) electrons. The lowest BCUT2D eigenvalue weighted by Crippen LogP contribution is -2.34. The van der Waals surface area contributed by atoms with Gasteiger partial charge < -0.3 is 10.5 Å². The minimum absolute atomic E-state index is 0.336. The van der Waals surface area contributed by atoms with E-state index in [0.717, 1.165) is 12.1 Å². The number of carbonyl (C=O) groups excluding carboxylic acids is 1. The molecule has 10 heteroatoms. The van der Waals surface area contributed by atoms with Gasteiger partial charge in [0.05, 0.1) is 9.85 Å². The van der Waals surface area contributed by atoms with Gasteiger partial charge in [-0.25, -0.2) is 4.79 Å². The molecule has 1 aromatic carbocycles. The monoisotopic (exact) mass is 315 g/mol. The fourth-order valence-electron chi connectivity index (χ4n) is 1.47. The van der Waals surface area contributed by atoms with Crippen molar-refractivity contribution in [3.8, 4) is 5.75 Å². The number of nitro benzene ring substituents is 2. The standard InChI is InChI=1S/C11H13N3O6S/c1-21-6-5-7(12)11(15)20-9-4-2-3-8(13(16)17)10(9)14(18)19/h2-4,7H,5-6,12H2,1H3/t7-/m0/s1. The van der Waals surface area contributed by atoms with E-state index in [4.69, 9.17) is 10.5 Å². The molecule has 0 saturated carbocycles. The van der Waals surface area contributed by atoms with Crippen molar-refractivity contribution in [2.75, 3.05) is 12.0 Å². The first-order valence-corrected chi connectivity index (χ1v) is 7.15. The van der Waals surface area contributed by atoms with Gasteiger partial charge in [-0.2, -0.15) is 11.8 Å². The molecular weight excluding hydrogens is 302 g/mol. The van der Waals surface area contributed by atoms with Crippen LogP contribution in [0.1, 0.15) is 6.42 Å². The van der Waals surface area contributed by atoms with E-state index < -0.39 is 39.0 Å². The lowest BCUT2D eigenvalue weighted by Gasteiger charge is -2.10. The van der Waals surface area contributed by atoms with Gasteiger partial charge in [-0.05, 0) is 24.5 Å². The second-order valence-electron chi connectivity index (χ2n) is 3.95. The van der Waals surface area contributed by atoms with Crippen molar-refractivity contribution >= 4 is 29.1 Å². The molecular formula is C11H13N3O6S. The van der Waals surface area contributed by atoms with Crippen molar-refractivity contribution < 1.29 is 19.4 Å². The van der Waals surface area contributed by atoms with E-state index in [1.54, 1.807) is 0 Å². The number of carbonyl (C=O) groups is 1. The summed E-state index contributed by atoms with van der Waals surface area (Å²) in [6.07, 6.45) is 2.17. The van der Waals surface area contributed by atoms with E-state index in [1.807, 2.05) is 6.26 Å². The molecule has 0 fully saturated rings. The molecule has 0 aliphatic heterocycles. The van der Waals surface area contributed by atoms with Crippen LogP contribution in [0.5, 0.6) is 5.75 Å². The Morgan fingerprint density at radius 3 is 2.57 bits per heavy atom. The minimum atomic E-state index is -0.964. The van der Waals surface area contributed by atoms with Crippen LogP contribution >= 0.6 is 11.8 Å². The average Bonchev–Trinajstić information content (AvgIpc) is 2.43. The first-order chi connectivity index (χ1) is 9.88. The number of ether oxygens (including phenoxy) is 1. The molecule has 0 amide bonds. The van der Waals surface area contributed by atoms with Gasteiger partial charge in [0.1, 0.15) is 6.04 Å². The second-order valence-corrected chi connectivity index (χ2v) is 4.93. The predicted molar refractivity (Wildman–Crippen MR) is 76.4 cm³/mol. The molecule has 0 heterocycles. The quantitative estimate of drug-likeness (QED) is 0.345. The molecule has 0 bridgehead atoms. The summed E-state index contributed by atoms with van der Waals surface area (Å²) in [6, 6.07) is 2.32. The minimum Gasteiger partial charge on any atom is -0.418 e. The van der Waals surface area contributed by atoms with Gasteiger partial charge in [0.15, 0.2) is 0 Å². The van der Waals surface area contributed by atoms with Crippen LogP contribution in [-0.2, 0) is 4.79 Å². The zero-order valence-corrected chi connectivity index (χ0v) is 11.9. The molecule has 1 rings (SSSR count). The van der Waals surface area contributed by atoms with E-state index in [0.29, 0.717) is 12.2 Å². The van der Waals surface area contributed by atoms with E-state index in [9.17, 15) is 25.0 Å². The molecule has 114 valence electrons. The van der Waals surface area contributed by atoms with Crippen LogP contribution in [0.4, 0.5) is 11.4 Å². The van der Waals surface area contributed by atoms with Crippen molar-refractivity contribution in [1.82, 2.24) is 0 Å². The Morgan fingerprint density at radius 1 is 1.38 bits per heavy atom. The van der Waals surface area contributed by atoms with E-state index in [-0.39, 0.29) is 0 Å².